The van der Waals surface area contributed by atoms with Gasteiger partial charge in [-0.05, 0) is 48.5 Å². The second-order valence-electron chi connectivity index (χ2n) is 7.08. The molecule has 0 aliphatic heterocycles. The number of rotatable bonds is 3. The summed E-state index contributed by atoms with van der Waals surface area (Å²) in [6.45, 7) is 0. The molecule has 5 rings (SSSR count). The van der Waals surface area contributed by atoms with Crippen LogP contribution in [0.2, 0.25) is 0 Å². The van der Waals surface area contributed by atoms with Crippen LogP contribution in [0.15, 0.2) is 77.7 Å². The number of alkyl halides is 3. The van der Waals surface area contributed by atoms with Crippen LogP contribution in [0.1, 0.15) is 5.69 Å². The van der Waals surface area contributed by atoms with Crippen molar-refractivity contribution in [3.63, 3.8) is 0 Å². The van der Waals surface area contributed by atoms with Crippen molar-refractivity contribution in [1.82, 2.24) is 19.3 Å². The summed E-state index contributed by atoms with van der Waals surface area (Å²) in [6.07, 6.45) is -3.03. The Balaban J connectivity index is 1.85. The van der Waals surface area contributed by atoms with Crippen molar-refractivity contribution in [3.05, 3.63) is 89.0 Å². The number of benzene rings is 2. The summed E-state index contributed by atoms with van der Waals surface area (Å²) < 4.78 is 48.0. The predicted octanol–water partition coefficient (Wildman–Crippen LogP) is 4.75. The van der Waals surface area contributed by atoms with Crippen LogP contribution in [0.4, 0.5) is 13.2 Å². The normalized spacial score (nSPS) is 11.9. The Kier molecular flexibility index (Phi) is 4.47. The van der Waals surface area contributed by atoms with Gasteiger partial charge in [0, 0.05) is 17.0 Å². The van der Waals surface area contributed by atoms with Gasteiger partial charge in [-0.15, -0.1) is 0 Å². The van der Waals surface area contributed by atoms with E-state index < -0.39 is 17.4 Å². The van der Waals surface area contributed by atoms with Gasteiger partial charge in [-0.3, -0.25) is 9.36 Å². The maximum Gasteiger partial charge on any atom is 0.433 e. The molecule has 3 aromatic heterocycles. The van der Waals surface area contributed by atoms with Gasteiger partial charge in [-0.1, -0.05) is 18.2 Å². The van der Waals surface area contributed by atoms with E-state index in [1.807, 2.05) is 0 Å². The predicted molar refractivity (Wildman–Crippen MR) is 114 cm³/mol. The number of nitrogens with zero attached hydrogens (tertiary/aromatic N) is 4. The molecule has 160 valence electrons. The van der Waals surface area contributed by atoms with Crippen LogP contribution >= 0.6 is 0 Å². The number of ether oxygens (including phenoxy) is 1. The molecule has 5 aromatic rings. The lowest BCUT2D eigenvalue weighted by Crippen LogP contribution is -2.21. The number of para-hydroxylation sites is 1. The minimum absolute atomic E-state index is 0.0854. The zero-order valence-corrected chi connectivity index (χ0v) is 16.7. The zero-order valence-electron chi connectivity index (χ0n) is 16.7. The number of fused-ring (bicyclic) bond motifs is 3. The molecule has 0 amide bonds. The summed E-state index contributed by atoms with van der Waals surface area (Å²) in [5, 5.41) is 5.23. The van der Waals surface area contributed by atoms with Gasteiger partial charge < -0.3 is 4.74 Å². The molecule has 32 heavy (non-hydrogen) atoms. The smallest absolute Gasteiger partial charge is 0.433 e. The Labute approximate surface area is 179 Å². The highest BCUT2D eigenvalue weighted by molar-refractivity contribution is 6.03. The second kappa shape index (κ2) is 7.23. The summed E-state index contributed by atoms with van der Waals surface area (Å²) in [5.74, 6) is 0.659. The van der Waals surface area contributed by atoms with Gasteiger partial charge in [0.2, 0.25) is 0 Å². The average Bonchev–Trinajstić information content (AvgIpc) is 3.25. The molecule has 0 spiro atoms. The summed E-state index contributed by atoms with van der Waals surface area (Å²) >= 11 is 0. The van der Waals surface area contributed by atoms with Crippen LogP contribution in [-0.2, 0) is 6.18 Å². The van der Waals surface area contributed by atoms with E-state index in [0.29, 0.717) is 27.9 Å². The maximum atomic E-state index is 13.4. The van der Waals surface area contributed by atoms with Crippen molar-refractivity contribution >= 4 is 21.9 Å². The molecule has 0 radical (unpaired) electrons. The van der Waals surface area contributed by atoms with Gasteiger partial charge in [0.15, 0.2) is 5.52 Å². The third-order valence-corrected chi connectivity index (χ3v) is 5.14. The molecule has 0 saturated heterocycles. The molecule has 3 heterocycles. The lowest BCUT2D eigenvalue weighted by Gasteiger charge is -2.12. The minimum Gasteiger partial charge on any atom is -0.497 e. The first-order valence-electron chi connectivity index (χ1n) is 9.59. The fraction of sp³-hybridized carbons (Fsp3) is 0.0870. The highest BCUT2D eigenvalue weighted by Crippen LogP contribution is 2.31. The fourth-order valence-corrected chi connectivity index (χ4v) is 3.60. The van der Waals surface area contributed by atoms with E-state index in [2.05, 4.69) is 10.1 Å². The molecular weight excluding hydrogens is 421 g/mol. The molecular formula is C23H15F3N4O2. The summed E-state index contributed by atoms with van der Waals surface area (Å²) in [4.78, 5) is 17.2. The van der Waals surface area contributed by atoms with E-state index in [0.717, 1.165) is 10.6 Å². The van der Waals surface area contributed by atoms with Crippen molar-refractivity contribution in [1.29, 1.82) is 0 Å². The van der Waals surface area contributed by atoms with E-state index in [9.17, 15) is 18.0 Å². The van der Waals surface area contributed by atoms with E-state index in [1.54, 1.807) is 67.9 Å². The second-order valence-corrected chi connectivity index (χ2v) is 7.08. The van der Waals surface area contributed by atoms with Crippen LogP contribution in [-0.4, -0.2) is 26.4 Å². The highest BCUT2D eigenvalue weighted by atomic mass is 19.4. The SMILES string of the molecule is COc1ccc(-n2cc3c(n2)c(=O)n(-c2ccccc2)c2nc(C(F)(F)F)ccc32)cc1. The number of hydrogen-bond donors (Lipinski definition) is 0. The quantitative estimate of drug-likeness (QED) is 0.410. The topological polar surface area (TPSA) is 61.9 Å². The molecule has 6 nitrogen and oxygen atoms in total. The molecule has 0 bridgehead atoms. The standard InChI is InChI=1S/C23H15F3N4O2/c1-32-16-9-7-14(8-10-16)29-13-18-17-11-12-19(23(24,25)26)27-21(17)30(22(31)20(18)28-29)15-5-3-2-4-6-15/h2-13H,1H3. The Morgan fingerprint density at radius 2 is 1.59 bits per heavy atom. The lowest BCUT2D eigenvalue weighted by atomic mass is 10.1. The first-order chi connectivity index (χ1) is 15.4. The number of halogens is 3. The molecule has 2 aromatic carbocycles. The van der Waals surface area contributed by atoms with Crippen molar-refractivity contribution in [3.8, 4) is 17.1 Å². The Hall–Kier alpha value is -4.14. The first kappa shape index (κ1) is 19.8. The number of pyridine rings is 2. The van der Waals surface area contributed by atoms with Crippen LogP contribution in [0, 0.1) is 0 Å². The maximum absolute atomic E-state index is 13.4. The monoisotopic (exact) mass is 436 g/mol. The number of methoxy groups -OCH3 is 1. The molecule has 0 atom stereocenters. The van der Waals surface area contributed by atoms with Gasteiger partial charge >= 0.3 is 6.18 Å². The van der Waals surface area contributed by atoms with Crippen molar-refractivity contribution in [2.24, 2.45) is 0 Å². The zero-order chi connectivity index (χ0) is 22.5. The molecule has 0 fully saturated rings. The highest BCUT2D eigenvalue weighted by Gasteiger charge is 2.33. The molecule has 0 saturated carbocycles. The third kappa shape index (κ3) is 3.18. The fourth-order valence-electron chi connectivity index (χ4n) is 3.60. The Morgan fingerprint density at radius 1 is 0.875 bits per heavy atom. The van der Waals surface area contributed by atoms with Crippen LogP contribution in [0.5, 0.6) is 5.75 Å². The lowest BCUT2D eigenvalue weighted by molar-refractivity contribution is -0.141. The van der Waals surface area contributed by atoms with Crippen LogP contribution < -0.4 is 10.3 Å². The Bertz CT molecular complexity index is 1500. The van der Waals surface area contributed by atoms with E-state index in [1.165, 1.54) is 10.7 Å². The van der Waals surface area contributed by atoms with Gasteiger partial charge in [0.25, 0.3) is 5.56 Å². The molecule has 9 heteroatoms. The van der Waals surface area contributed by atoms with Gasteiger partial charge in [-0.25, -0.2) is 9.67 Å². The van der Waals surface area contributed by atoms with Gasteiger partial charge in [0.05, 0.1) is 18.5 Å². The van der Waals surface area contributed by atoms with Gasteiger partial charge in [0.1, 0.15) is 17.1 Å². The van der Waals surface area contributed by atoms with Crippen LogP contribution in [0.25, 0.3) is 33.3 Å². The van der Waals surface area contributed by atoms with Crippen molar-refractivity contribution in [2.75, 3.05) is 7.11 Å². The largest absolute Gasteiger partial charge is 0.497 e. The number of hydrogen-bond acceptors (Lipinski definition) is 4. The minimum atomic E-state index is -4.64. The number of aromatic nitrogens is 4. The molecule has 0 unspecified atom stereocenters. The van der Waals surface area contributed by atoms with E-state index in [4.69, 9.17) is 4.74 Å². The van der Waals surface area contributed by atoms with Crippen molar-refractivity contribution < 1.29 is 17.9 Å². The summed E-state index contributed by atoms with van der Waals surface area (Å²) in [6, 6.07) is 17.7. The Morgan fingerprint density at radius 3 is 2.25 bits per heavy atom. The molecule has 0 aliphatic rings. The van der Waals surface area contributed by atoms with Gasteiger partial charge in [-0.2, -0.15) is 18.3 Å². The average molecular weight is 436 g/mol. The molecule has 0 aliphatic carbocycles. The van der Waals surface area contributed by atoms with Crippen LogP contribution in [0.3, 0.4) is 0 Å². The van der Waals surface area contributed by atoms with E-state index in [-0.39, 0.29) is 11.2 Å². The first-order valence-corrected chi connectivity index (χ1v) is 9.59. The summed E-state index contributed by atoms with van der Waals surface area (Å²) in [5.41, 5.74) is -0.527. The van der Waals surface area contributed by atoms with Crippen molar-refractivity contribution in [2.45, 2.75) is 6.18 Å². The van der Waals surface area contributed by atoms with E-state index >= 15 is 0 Å². The third-order valence-electron chi connectivity index (χ3n) is 5.14. The summed E-state index contributed by atoms with van der Waals surface area (Å²) in [7, 11) is 1.55. The molecule has 0 N–H and O–H groups in total.